The molecule has 0 fully saturated rings. The predicted octanol–water partition coefficient (Wildman–Crippen LogP) is 5.35. The van der Waals surface area contributed by atoms with Gasteiger partial charge in [0.1, 0.15) is 5.82 Å². The Balaban J connectivity index is 1.77. The van der Waals surface area contributed by atoms with Gasteiger partial charge in [-0.3, -0.25) is 4.79 Å². The second-order valence-electron chi connectivity index (χ2n) is 8.68. The van der Waals surface area contributed by atoms with Crippen LogP contribution < -0.4 is 0 Å². The Bertz CT molecular complexity index is 1360. The number of benzene rings is 3. The highest BCUT2D eigenvalue weighted by Crippen LogP contribution is 2.32. The molecule has 0 saturated carbocycles. The number of rotatable bonds is 8. The molecule has 1 heterocycles. The van der Waals surface area contributed by atoms with Crippen molar-refractivity contribution in [3.05, 3.63) is 94.8 Å². The van der Waals surface area contributed by atoms with E-state index in [1.54, 1.807) is 6.07 Å². The molecule has 0 aliphatic rings. The number of esters is 1. The third-order valence-electron chi connectivity index (χ3n) is 5.73. The second-order valence-corrected chi connectivity index (χ2v) is 8.68. The summed E-state index contributed by atoms with van der Waals surface area (Å²) in [5, 5.41) is 11.5. The molecule has 6 nitrogen and oxygen atoms in total. The Morgan fingerprint density at radius 2 is 1.71 bits per heavy atom. The molecule has 0 radical (unpaired) electrons. The van der Waals surface area contributed by atoms with Crippen molar-refractivity contribution < 1.29 is 19.0 Å². The van der Waals surface area contributed by atoms with E-state index >= 15 is 0 Å². The second kappa shape index (κ2) is 10.5. The molecule has 0 atom stereocenters. The number of hydrogen-bond acceptors (Lipinski definition) is 5. The SMILES string of the molecule is COC(=O)CCc1ccc(C(=Nc2ccc(CN(C)C)cc2)c2c(O)[nH]c3cc(F)ccc23)cc1. The van der Waals surface area contributed by atoms with Crippen LogP contribution in [0.2, 0.25) is 0 Å². The van der Waals surface area contributed by atoms with Gasteiger partial charge in [-0.2, -0.15) is 0 Å². The Labute approximate surface area is 203 Å². The van der Waals surface area contributed by atoms with Gasteiger partial charge in [0, 0.05) is 23.9 Å². The molecule has 0 aliphatic carbocycles. The smallest absolute Gasteiger partial charge is 0.305 e. The summed E-state index contributed by atoms with van der Waals surface area (Å²) in [4.78, 5) is 21.3. The minimum Gasteiger partial charge on any atom is -0.494 e. The first-order valence-corrected chi connectivity index (χ1v) is 11.3. The van der Waals surface area contributed by atoms with Crippen LogP contribution >= 0.6 is 0 Å². The number of halogens is 1. The van der Waals surface area contributed by atoms with Crippen molar-refractivity contribution in [3.8, 4) is 5.88 Å². The normalized spacial score (nSPS) is 11.9. The lowest BCUT2D eigenvalue weighted by Crippen LogP contribution is -2.10. The number of fused-ring (bicyclic) bond motifs is 1. The summed E-state index contributed by atoms with van der Waals surface area (Å²) in [6, 6.07) is 20.0. The maximum atomic E-state index is 13.8. The Hall–Kier alpha value is -3.97. The van der Waals surface area contributed by atoms with Gasteiger partial charge in [0.25, 0.3) is 0 Å². The molecular weight excluding hydrogens is 445 g/mol. The molecule has 0 amide bonds. The molecular formula is C28H28FN3O3. The average molecular weight is 474 g/mol. The van der Waals surface area contributed by atoms with Gasteiger partial charge in [-0.25, -0.2) is 9.38 Å². The summed E-state index contributed by atoms with van der Waals surface area (Å²) in [6.07, 6.45) is 0.856. The summed E-state index contributed by atoms with van der Waals surface area (Å²) in [7, 11) is 5.41. The van der Waals surface area contributed by atoms with E-state index in [0.717, 1.165) is 28.9 Å². The van der Waals surface area contributed by atoms with Crippen molar-refractivity contribution in [1.29, 1.82) is 0 Å². The molecule has 0 saturated heterocycles. The van der Waals surface area contributed by atoms with E-state index < -0.39 is 5.82 Å². The van der Waals surface area contributed by atoms with Gasteiger partial charge in [0.2, 0.25) is 0 Å². The van der Waals surface area contributed by atoms with Crippen molar-refractivity contribution in [2.24, 2.45) is 4.99 Å². The Morgan fingerprint density at radius 3 is 2.37 bits per heavy atom. The number of carbonyl (C=O) groups excluding carboxylic acids is 1. The topological polar surface area (TPSA) is 77.9 Å². The third kappa shape index (κ3) is 5.75. The minimum absolute atomic E-state index is 0.0802. The van der Waals surface area contributed by atoms with Crippen LogP contribution in [0.4, 0.5) is 10.1 Å². The highest BCUT2D eigenvalue weighted by atomic mass is 19.1. The van der Waals surface area contributed by atoms with Crippen molar-refractivity contribution in [3.63, 3.8) is 0 Å². The number of methoxy groups -OCH3 is 1. The summed E-state index contributed by atoms with van der Waals surface area (Å²) in [6.45, 7) is 0.818. The van der Waals surface area contributed by atoms with Crippen LogP contribution in [0.3, 0.4) is 0 Å². The fraction of sp³-hybridized carbons (Fsp3) is 0.214. The summed E-state index contributed by atoms with van der Waals surface area (Å²) >= 11 is 0. The van der Waals surface area contributed by atoms with Crippen LogP contribution in [0.5, 0.6) is 5.88 Å². The Morgan fingerprint density at radius 1 is 1.03 bits per heavy atom. The number of carbonyl (C=O) groups is 1. The lowest BCUT2D eigenvalue weighted by atomic mass is 9.98. The van der Waals surface area contributed by atoms with Crippen molar-refractivity contribution >= 4 is 28.3 Å². The number of aryl methyl sites for hydroxylation is 1. The van der Waals surface area contributed by atoms with Crippen molar-refractivity contribution in [1.82, 2.24) is 9.88 Å². The molecule has 0 unspecified atom stereocenters. The third-order valence-corrected chi connectivity index (χ3v) is 5.73. The molecule has 4 aromatic rings. The lowest BCUT2D eigenvalue weighted by molar-refractivity contribution is -0.140. The van der Waals surface area contributed by atoms with Crippen molar-refractivity contribution in [2.75, 3.05) is 21.2 Å². The largest absolute Gasteiger partial charge is 0.494 e. The molecule has 0 spiro atoms. The minimum atomic E-state index is -0.393. The molecule has 180 valence electrons. The van der Waals surface area contributed by atoms with E-state index in [0.29, 0.717) is 35.0 Å². The molecule has 3 aromatic carbocycles. The van der Waals surface area contributed by atoms with Gasteiger partial charge < -0.3 is 19.7 Å². The quantitative estimate of drug-likeness (QED) is 0.267. The molecule has 0 bridgehead atoms. The predicted molar refractivity (Wildman–Crippen MR) is 136 cm³/mol. The van der Waals surface area contributed by atoms with Crippen molar-refractivity contribution in [2.45, 2.75) is 19.4 Å². The van der Waals surface area contributed by atoms with Crippen LogP contribution in [-0.4, -0.2) is 47.9 Å². The van der Waals surface area contributed by atoms with Gasteiger partial charge in [-0.05, 0) is 62.0 Å². The molecule has 4 rings (SSSR count). The number of hydrogen-bond donors (Lipinski definition) is 2. The van der Waals surface area contributed by atoms with Crippen LogP contribution in [0.25, 0.3) is 10.9 Å². The van der Waals surface area contributed by atoms with E-state index in [4.69, 9.17) is 9.73 Å². The van der Waals surface area contributed by atoms with E-state index in [1.165, 1.54) is 19.2 Å². The Kier molecular flexibility index (Phi) is 7.27. The summed E-state index contributed by atoms with van der Waals surface area (Å²) in [5.41, 5.74) is 5.20. The molecule has 2 N–H and O–H groups in total. The first-order chi connectivity index (χ1) is 16.8. The maximum absolute atomic E-state index is 13.8. The van der Waals surface area contributed by atoms with Crippen LogP contribution in [0, 0.1) is 5.82 Å². The van der Waals surface area contributed by atoms with Crippen LogP contribution in [0.15, 0.2) is 71.7 Å². The number of H-pyrrole nitrogens is 1. The van der Waals surface area contributed by atoms with Gasteiger partial charge in [0.05, 0.1) is 29.6 Å². The first kappa shape index (κ1) is 24.2. The number of nitrogens with zero attached hydrogens (tertiary/aromatic N) is 2. The van der Waals surface area contributed by atoms with E-state index in [9.17, 15) is 14.3 Å². The molecule has 0 aliphatic heterocycles. The number of aliphatic imine (C=N–C) groups is 1. The van der Waals surface area contributed by atoms with Gasteiger partial charge in [-0.15, -0.1) is 0 Å². The van der Waals surface area contributed by atoms with E-state index in [-0.39, 0.29) is 11.8 Å². The van der Waals surface area contributed by atoms with Gasteiger partial charge in [-0.1, -0.05) is 36.4 Å². The highest BCUT2D eigenvalue weighted by Gasteiger charge is 2.19. The number of nitrogens with one attached hydrogen (secondary N) is 1. The fourth-order valence-corrected chi connectivity index (χ4v) is 4.01. The standard InChI is InChI=1S/C28H28FN3O3/c1-32(2)17-19-6-12-22(13-7-19)30-27(20-9-4-18(5-10-20)8-15-25(33)35-3)26-23-14-11-21(29)16-24(23)31-28(26)34/h4-7,9-14,16,31,34H,8,15,17H2,1-3H3. The molecule has 7 heteroatoms. The fourth-order valence-electron chi connectivity index (χ4n) is 4.01. The number of aromatic nitrogens is 1. The zero-order chi connectivity index (χ0) is 24.9. The van der Waals surface area contributed by atoms with Crippen LogP contribution in [-0.2, 0) is 22.5 Å². The summed E-state index contributed by atoms with van der Waals surface area (Å²) < 4.78 is 18.5. The number of aromatic amines is 1. The summed E-state index contributed by atoms with van der Waals surface area (Å²) in [5.74, 6) is -0.733. The van der Waals surface area contributed by atoms with E-state index in [1.807, 2.05) is 62.6 Å². The molecule has 1 aromatic heterocycles. The van der Waals surface area contributed by atoms with Gasteiger partial charge in [0.15, 0.2) is 5.88 Å². The van der Waals surface area contributed by atoms with Gasteiger partial charge >= 0.3 is 5.97 Å². The maximum Gasteiger partial charge on any atom is 0.305 e. The number of aromatic hydroxyl groups is 1. The number of ether oxygens (including phenoxy) is 1. The zero-order valence-electron chi connectivity index (χ0n) is 20.0. The average Bonchev–Trinajstić information content (AvgIpc) is 3.16. The molecule has 35 heavy (non-hydrogen) atoms. The lowest BCUT2D eigenvalue weighted by Gasteiger charge is -2.11. The van der Waals surface area contributed by atoms with E-state index in [2.05, 4.69) is 9.88 Å². The zero-order valence-corrected chi connectivity index (χ0v) is 20.0. The first-order valence-electron chi connectivity index (χ1n) is 11.3. The highest BCUT2D eigenvalue weighted by molar-refractivity contribution is 6.21. The monoisotopic (exact) mass is 473 g/mol. The van der Waals surface area contributed by atoms with Crippen LogP contribution in [0.1, 0.15) is 28.7 Å².